The molecule has 1 atom stereocenters. The maximum atomic E-state index is 14.7. The van der Waals surface area contributed by atoms with Gasteiger partial charge in [-0.2, -0.15) is 0 Å². The normalized spacial score (nSPS) is 14.7. The summed E-state index contributed by atoms with van der Waals surface area (Å²) in [5, 5.41) is 3.34. The molecule has 41 heavy (non-hydrogen) atoms. The minimum Gasteiger partial charge on any atom is -0.352 e. The molecule has 1 unspecified atom stereocenters. The van der Waals surface area contributed by atoms with E-state index in [0.717, 1.165) is 36.4 Å². The number of amides is 2. The molecule has 1 N–H and O–H groups in total. The largest absolute Gasteiger partial charge is 0.352 e. The van der Waals surface area contributed by atoms with E-state index in [1.165, 1.54) is 53.4 Å². The van der Waals surface area contributed by atoms with Crippen LogP contribution in [0.5, 0.6) is 0 Å². The molecule has 1 aliphatic rings. The van der Waals surface area contributed by atoms with Crippen molar-refractivity contribution < 1.29 is 22.4 Å². The summed E-state index contributed by atoms with van der Waals surface area (Å²) < 4.78 is 43.2. The lowest BCUT2D eigenvalue weighted by Crippen LogP contribution is -2.53. The lowest BCUT2D eigenvalue weighted by atomic mass is 9.95. The summed E-state index contributed by atoms with van der Waals surface area (Å²) in [7, 11) is -4.25. The third kappa shape index (κ3) is 7.58. The van der Waals surface area contributed by atoms with Crippen molar-refractivity contribution in [3.8, 4) is 0 Å². The highest BCUT2D eigenvalue weighted by Gasteiger charge is 2.33. The molecular weight excluding hydrogens is 588 g/mol. The van der Waals surface area contributed by atoms with Crippen LogP contribution in [0.2, 0.25) is 10.0 Å². The Balaban J connectivity index is 1.69. The van der Waals surface area contributed by atoms with Crippen molar-refractivity contribution in [3.05, 3.63) is 94.2 Å². The molecule has 11 heteroatoms. The summed E-state index contributed by atoms with van der Waals surface area (Å²) >= 11 is 12.3. The van der Waals surface area contributed by atoms with Gasteiger partial charge < -0.3 is 10.2 Å². The Morgan fingerprint density at radius 1 is 0.951 bits per heavy atom. The number of halogens is 3. The van der Waals surface area contributed by atoms with Gasteiger partial charge in [0.2, 0.25) is 11.8 Å². The summed E-state index contributed by atoms with van der Waals surface area (Å²) in [6.45, 7) is 0.669. The SMILES string of the molecule is CC(C(=O)NC1CCCCC1)N(Cc1ccccc1F)C(=O)CN(c1ccc(Cl)c(Cl)c1)S(=O)(=O)c1ccccc1. The Kier molecular flexibility index (Phi) is 10.3. The van der Waals surface area contributed by atoms with E-state index < -0.39 is 34.3 Å². The number of hydrogen-bond acceptors (Lipinski definition) is 4. The molecule has 1 fully saturated rings. The van der Waals surface area contributed by atoms with E-state index in [-0.39, 0.29) is 44.7 Å². The van der Waals surface area contributed by atoms with E-state index >= 15 is 0 Å². The first-order valence-corrected chi connectivity index (χ1v) is 15.6. The van der Waals surface area contributed by atoms with Gasteiger partial charge in [0.05, 0.1) is 20.6 Å². The monoisotopic (exact) mass is 619 g/mol. The summed E-state index contributed by atoms with van der Waals surface area (Å²) in [6, 6.07) is 16.9. The van der Waals surface area contributed by atoms with E-state index in [4.69, 9.17) is 23.2 Å². The number of hydrogen-bond donors (Lipinski definition) is 1. The van der Waals surface area contributed by atoms with Crippen molar-refractivity contribution in [2.45, 2.75) is 62.6 Å². The highest BCUT2D eigenvalue weighted by Crippen LogP contribution is 2.31. The Morgan fingerprint density at radius 3 is 2.27 bits per heavy atom. The van der Waals surface area contributed by atoms with Crippen LogP contribution in [0.1, 0.15) is 44.6 Å². The van der Waals surface area contributed by atoms with Crippen LogP contribution >= 0.6 is 23.2 Å². The van der Waals surface area contributed by atoms with Gasteiger partial charge in [-0.25, -0.2) is 12.8 Å². The van der Waals surface area contributed by atoms with Crippen molar-refractivity contribution in [3.63, 3.8) is 0 Å². The molecule has 7 nitrogen and oxygen atoms in total. The number of carbonyl (C=O) groups excluding carboxylic acids is 2. The number of anilines is 1. The first kappa shape index (κ1) is 30.8. The fraction of sp³-hybridized carbons (Fsp3) is 0.333. The zero-order chi connectivity index (χ0) is 29.6. The Bertz CT molecular complexity index is 1480. The summed E-state index contributed by atoms with van der Waals surface area (Å²) in [5.74, 6) is -1.61. The molecule has 0 aromatic heterocycles. The maximum Gasteiger partial charge on any atom is 0.264 e. The summed E-state index contributed by atoms with van der Waals surface area (Å²) in [6.07, 6.45) is 4.82. The molecule has 0 radical (unpaired) electrons. The number of benzene rings is 3. The van der Waals surface area contributed by atoms with Gasteiger partial charge in [0, 0.05) is 18.2 Å². The van der Waals surface area contributed by atoms with E-state index in [1.54, 1.807) is 31.2 Å². The fourth-order valence-corrected chi connectivity index (χ4v) is 6.57. The Labute approximate surface area is 250 Å². The molecule has 1 aliphatic carbocycles. The maximum absolute atomic E-state index is 14.7. The predicted octanol–water partition coefficient (Wildman–Crippen LogP) is 6.19. The molecule has 3 aromatic carbocycles. The average molecular weight is 621 g/mol. The number of carbonyl (C=O) groups is 2. The molecule has 2 amide bonds. The quantitative estimate of drug-likeness (QED) is 0.293. The lowest BCUT2D eigenvalue weighted by molar-refractivity contribution is -0.139. The van der Waals surface area contributed by atoms with Crippen LogP contribution < -0.4 is 9.62 Å². The van der Waals surface area contributed by atoms with Gasteiger partial charge in [-0.1, -0.05) is 78.9 Å². The number of nitrogens with zero attached hydrogens (tertiary/aromatic N) is 2. The molecule has 1 saturated carbocycles. The van der Waals surface area contributed by atoms with Gasteiger partial charge in [0.25, 0.3) is 10.0 Å². The fourth-order valence-electron chi connectivity index (χ4n) is 4.85. The van der Waals surface area contributed by atoms with E-state index in [2.05, 4.69) is 5.32 Å². The molecule has 0 saturated heterocycles. The lowest BCUT2D eigenvalue weighted by Gasteiger charge is -2.33. The van der Waals surface area contributed by atoms with Crippen LogP contribution in [-0.4, -0.2) is 43.8 Å². The number of nitrogens with one attached hydrogen (secondary N) is 1. The van der Waals surface area contributed by atoms with Crippen LogP contribution in [0.25, 0.3) is 0 Å². The third-order valence-electron chi connectivity index (χ3n) is 7.22. The first-order valence-electron chi connectivity index (χ1n) is 13.4. The van der Waals surface area contributed by atoms with Crippen molar-refractivity contribution >= 4 is 50.7 Å². The second-order valence-electron chi connectivity index (χ2n) is 10.1. The minimum atomic E-state index is -4.25. The molecular formula is C30H32Cl2FN3O4S. The van der Waals surface area contributed by atoms with Crippen molar-refractivity contribution in [1.29, 1.82) is 0 Å². The van der Waals surface area contributed by atoms with Gasteiger partial charge in [-0.15, -0.1) is 0 Å². The van der Waals surface area contributed by atoms with Crippen molar-refractivity contribution in [1.82, 2.24) is 10.2 Å². The Morgan fingerprint density at radius 2 is 1.61 bits per heavy atom. The molecule has 218 valence electrons. The average Bonchev–Trinajstić information content (AvgIpc) is 2.97. The second-order valence-corrected chi connectivity index (χ2v) is 12.7. The molecule has 0 heterocycles. The predicted molar refractivity (Wildman–Crippen MR) is 159 cm³/mol. The van der Waals surface area contributed by atoms with Gasteiger partial charge in [-0.05, 0) is 56.2 Å². The summed E-state index contributed by atoms with van der Waals surface area (Å²) in [4.78, 5) is 28.5. The highest BCUT2D eigenvalue weighted by molar-refractivity contribution is 7.92. The van der Waals surface area contributed by atoms with Crippen LogP contribution in [0.3, 0.4) is 0 Å². The Hall–Kier alpha value is -3.14. The van der Waals surface area contributed by atoms with Crippen LogP contribution in [-0.2, 0) is 26.2 Å². The molecule has 0 bridgehead atoms. The molecule has 0 spiro atoms. The highest BCUT2D eigenvalue weighted by atomic mass is 35.5. The number of rotatable bonds is 10. The van der Waals surface area contributed by atoms with Crippen molar-refractivity contribution in [2.75, 3.05) is 10.8 Å². The summed E-state index contributed by atoms with van der Waals surface area (Å²) in [5.41, 5.74) is 0.312. The van der Waals surface area contributed by atoms with Gasteiger partial charge in [0.15, 0.2) is 0 Å². The van der Waals surface area contributed by atoms with Gasteiger partial charge in [-0.3, -0.25) is 13.9 Å². The standard InChI is InChI=1S/C30H32Cl2FN3O4S/c1-21(30(38)34-23-11-4-2-5-12-23)35(19-22-10-8-9-15-28(22)33)29(37)20-36(24-16-17-26(31)27(32)18-24)41(39,40)25-13-6-3-7-14-25/h3,6-10,13-18,21,23H,2,4-5,11-12,19-20H2,1H3,(H,34,38). The molecule has 0 aliphatic heterocycles. The second kappa shape index (κ2) is 13.7. The molecule has 3 aromatic rings. The number of sulfonamides is 1. The molecule has 4 rings (SSSR count). The van der Waals surface area contributed by atoms with Crippen LogP contribution in [0.15, 0.2) is 77.7 Å². The van der Waals surface area contributed by atoms with Crippen molar-refractivity contribution in [2.24, 2.45) is 0 Å². The minimum absolute atomic E-state index is 0.00437. The van der Waals surface area contributed by atoms with Gasteiger partial charge >= 0.3 is 0 Å². The zero-order valence-corrected chi connectivity index (χ0v) is 24.9. The third-order valence-corrected chi connectivity index (χ3v) is 9.75. The van der Waals surface area contributed by atoms with Crippen LogP contribution in [0.4, 0.5) is 10.1 Å². The first-order chi connectivity index (χ1) is 19.6. The van der Waals surface area contributed by atoms with Crippen LogP contribution in [0, 0.1) is 5.82 Å². The van der Waals surface area contributed by atoms with E-state index in [0.29, 0.717) is 0 Å². The van der Waals surface area contributed by atoms with Gasteiger partial charge in [0.1, 0.15) is 18.4 Å². The van der Waals surface area contributed by atoms with E-state index in [1.807, 2.05) is 0 Å². The smallest absolute Gasteiger partial charge is 0.264 e. The zero-order valence-electron chi connectivity index (χ0n) is 22.6. The van der Waals surface area contributed by atoms with E-state index in [9.17, 15) is 22.4 Å². The topological polar surface area (TPSA) is 86.8 Å².